The molecule has 1 aromatic heterocycles. The van der Waals surface area contributed by atoms with Gasteiger partial charge in [0.2, 0.25) is 0 Å². The second-order valence-corrected chi connectivity index (χ2v) is 10.6. The Hall–Kier alpha value is -4.47. The van der Waals surface area contributed by atoms with Crippen LogP contribution in [-0.4, -0.2) is 28.4 Å². The molecule has 0 atom stereocenters. The monoisotopic (exact) mass is 513 g/mol. The Morgan fingerprint density at radius 1 is 0.974 bits per heavy atom. The van der Waals surface area contributed by atoms with E-state index in [1.54, 1.807) is 23.1 Å². The minimum Gasteiger partial charge on any atom is -0.397 e. The van der Waals surface area contributed by atoms with E-state index < -0.39 is 0 Å². The fraction of sp³-hybridized carbons (Fsp3) is 0.242. The molecule has 6 heteroatoms. The zero-order chi connectivity index (χ0) is 26.8. The molecule has 3 aromatic carbocycles. The number of aromatic nitrogens is 1. The number of pyridine rings is 1. The van der Waals surface area contributed by atoms with E-state index in [1.807, 2.05) is 72.9 Å². The van der Waals surface area contributed by atoms with Gasteiger partial charge in [0, 0.05) is 42.1 Å². The average Bonchev–Trinajstić information content (AvgIpc) is 2.99. The Balaban J connectivity index is 1.25. The number of nitrogen functional groups attached to an aromatic ring is 1. The van der Waals surface area contributed by atoms with Crippen LogP contribution in [-0.2, 0) is 6.54 Å². The maximum atomic E-state index is 13.8. The maximum absolute atomic E-state index is 13.8. The Morgan fingerprint density at radius 3 is 2.36 bits per heavy atom. The van der Waals surface area contributed by atoms with E-state index in [-0.39, 0.29) is 5.91 Å². The highest BCUT2D eigenvalue weighted by atomic mass is 16.2. The number of fused-ring (bicyclic) bond motifs is 3. The minimum absolute atomic E-state index is 0.190. The number of hydrogen-bond donors (Lipinski definition) is 1. The van der Waals surface area contributed by atoms with E-state index in [2.05, 4.69) is 11.0 Å². The lowest BCUT2D eigenvalue weighted by Crippen LogP contribution is -2.47. The van der Waals surface area contributed by atoms with Crippen molar-refractivity contribution in [1.29, 1.82) is 5.26 Å². The van der Waals surface area contributed by atoms with Crippen LogP contribution in [0.15, 0.2) is 91.1 Å². The summed E-state index contributed by atoms with van der Waals surface area (Å²) in [6.45, 7) is 1.99. The summed E-state index contributed by atoms with van der Waals surface area (Å²) in [5.74, 6) is 0.625. The number of amides is 1. The smallest absolute Gasteiger partial charge is 0.262 e. The first-order chi connectivity index (χ1) is 19.1. The zero-order valence-electron chi connectivity index (χ0n) is 21.8. The third-order valence-corrected chi connectivity index (χ3v) is 8.08. The van der Waals surface area contributed by atoms with Crippen LogP contribution in [0.4, 0.5) is 17.1 Å². The van der Waals surface area contributed by atoms with Gasteiger partial charge in [-0.3, -0.25) is 19.6 Å². The topological polar surface area (TPSA) is 86.2 Å². The molecule has 2 aliphatic heterocycles. The molecule has 2 saturated heterocycles. The van der Waals surface area contributed by atoms with Gasteiger partial charge in [0.05, 0.1) is 22.6 Å². The molecule has 0 radical (unpaired) electrons. The third-order valence-electron chi connectivity index (χ3n) is 8.08. The van der Waals surface area contributed by atoms with Gasteiger partial charge in [-0.2, -0.15) is 5.26 Å². The normalized spacial score (nSPS) is 18.4. The van der Waals surface area contributed by atoms with Crippen molar-refractivity contribution in [3.05, 3.63) is 108 Å². The minimum atomic E-state index is -0.190. The highest BCUT2D eigenvalue weighted by molar-refractivity contribution is 6.12. The largest absolute Gasteiger partial charge is 0.397 e. The van der Waals surface area contributed by atoms with E-state index >= 15 is 0 Å². The van der Waals surface area contributed by atoms with Gasteiger partial charge >= 0.3 is 0 Å². The molecule has 1 amide bonds. The van der Waals surface area contributed by atoms with Crippen molar-refractivity contribution >= 4 is 23.0 Å². The first-order valence-electron chi connectivity index (χ1n) is 13.6. The fourth-order valence-electron chi connectivity index (χ4n) is 6.04. The zero-order valence-corrected chi connectivity index (χ0v) is 21.8. The highest BCUT2D eigenvalue weighted by Gasteiger charge is 2.33. The van der Waals surface area contributed by atoms with Gasteiger partial charge in [0.1, 0.15) is 6.07 Å². The summed E-state index contributed by atoms with van der Waals surface area (Å²) in [5, 5.41) is 9.93. The SMILES string of the molecule is N#Cc1cc(CN2CC3CCC2CC3)cnc1-c1ccc(C(=O)N(c2ccccc2)c2ccccc2N)cc1. The summed E-state index contributed by atoms with van der Waals surface area (Å²) < 4.78 is 0. The van der Waals surface area contributed by atoms with E-state index in [0.29, 0.717) is 34.2 Å². The summed E-state index contributed by atoms with van der Waals surface area (Å²) in [6.07, 6.45) is 7.16. The number of piperidine rings is 2. The quantitative estimate of drug-likeness (QED) is 0.295. The lowest BCUT2D eigenvalue weighted by molar-refractivity contribution is 0.0425. The van der Waals surface area contributed by atoms with Crippen molar-refractivity contribution in [2.45, 2.75) is 38.3 Å². The van der Waals surface area contributed by atoms with Crippen LogP contribution in [0.25, 0.3) is 11.3 Å². The number of hydrogen-bond acceptors (Lipinski definition) is 5. The van der Waals surface area contributed by atoms with Crippen LogP contribution in [0.3, 0.4) is 0 Å². The second kappa shape index (κ2) is 10.7. The van der Waals surface area contributed by atoms with Crippen LogP contribution in [0, 0.1) is 17.2 Å². The summed E-state index contributed by atoms with van der Waals surface area (Å²) in [4.78, 5) is 22.7. The van der Waals surface area contributed by atoms with Crippen molar-refractivity contribution in [3.63, 3.8) is 0 Å². The number of benzene rings is 3. The van der Waals surface area contributed by atoms with Gasteiger partial charge in [-0.1, -0.05) is 42.5 Å². The molecule has 3 fully saturated rings. The Labute approximate surface area is 229 Å². The fourth-order valence-corrected chi connectivity index (χ4v) is 6.04. The number of carbonyl (C=O) groups excluding carboxylic acids is 1. The molecule has 39 heavy (non-hydrogen) atoms. The molecule has 1 aliphatic carbocycles. The summed E-state index contributed by atoms with van der Waals surface area (Å²) >= 11 is 0. The van der Waals surface area contributed by atoms with Crippen LogP contribution in [0.2, 0.25) is 0 Å². The lowest BCUT2D eigenvalue weighted by atomic mass is 9.80. The summed E-state index contributed by atoms with van der Waals surface area (Å²) in [7, 11) is 0. The first-order valence-corrected chi connectivity index (χ1v) is 13.6. The van der Waals surface area contributed by atoms with E-state index in [9.17, 15) is 10.1 Å². The average molecular weight is 514 g/mol. The van der Waals surface area contributed by atoms with Crippen molar-refractivity contribution in [2.24, 2.45) is 5.92 Å². The highest BCUT2D eigenvalue weighted by Crippen LogP contribution is 2.36. The predicted octanol–water partition coefficient (Wildman–Crippen LogP) is 6.56. The standard InChI is InChI=1S/C33H31N5O/c34-19-27-18-24(22-37-21-23-10-16-28(37)17-11-23)20-36-32(27)25-12-14-26(15-13-25)33(39)38(29-6-2-1-3-7-29)31-9-5-4-8-30(31)35/h1-9,12-15,18,20,23,28H,10-11,16-17,21-22,35H2. The van der Waals surface area contributed by atoms with Crippen molar-refractivity contribution < 1.29 is 4.79 Å². The second-order valence-electron chi connectivity index (χ2n) is 10.6. The van der Waals surface area contributed by atoms with Gasteiger partial charge in [-0.15, -0.1) is 0 Å². The van der Waals surface area contributed by atoms with Crippen LogP contribution in [0.5, 0.6) is 0 Å². The molecular weight excluding hydrogens is 482 g/mol. The number of para-hydroxylation sites is 3. The molecule has 2 N–H and O–H groups in total. The molecule has 0 spiro atoms. The molecule has 6 nitrogen and oxygen atoms in total. The number of carbonyl (C=O) groups is 1. The predicted molar refractivity (Wildman–Crippen MR) is 154 cm³/mol. The molecule has 0 unspecified atom stereocenters. The maximum Gasteiger partial charge on any atom is 0.262 e. The van der Waals surface area contributed by atoms with Crippen molar-refractivity contribution in [3.8, 4) is 17.3 Å². The molecule has 2 bridgehead atoms. The van der Waals surface area contributed by atoms with Gasteiger partial charge in [0.25, 0.3) is 5.91 Å². The first kappa shape index (κ1) is 24.8. The van der Waals surface area contributed by atoms with Crippen LogP contribution in [0.1, 0.15) is 47.2 Å². The number of anilines is 3. The molecule has 4 aromatic rings. The molecule has 194 valence electrons. The third kappa shape index (κ3) is 5.01. The van der Waals surface area contributed by atoms with Crippen LogP contribution < -0.4 is 10.6 Å². The molecule has 7 rings (SSSR count). The number of rotatable bonds is 6. The van der Waals surface area contributed by atoms with Gasteiger partial charge in [-0.25, -0.2) is 0 Å². The Bertz CT molecular complexity index is 1520. The van der Waals surface area contributed by atoms with E-state index in [1.165, 1.54) is 25.7 Å². The Kier molecular flexibility index (Phi) is 6.83. The van der Waals surface area contributed by atoms with E-state index in [0.717, 1.165) is 35.8 Å². The number of nitriles is 1. The molecule has 3 heterocycles. The molecule has 3 aliphatic rings. The summed E-state index contributed by atoms with van der Waals surface area (Å²) in [5.41, 5.74) is 11.7. The molecular formula is C33H31N5O. The van der Waals surface area contributed by atoms with Gasteiger partial charge < -0.3 is 5.73 Å². The number of nitrogens with zero attached hydrogens (tertiary/aromatic N) is 4. The van der Waals surface area contributed by atoms with Crippen molar-refractivity contribution in [2.75, 3.05) is 17.2 Å². The lowest BCUT2D eigenvalue weighted by Gasteiger charge is -2.45. The number of nitrogens with two attached hydrogens (primary N) is 1. The Morgan fingerprint density at radius 2 is 1.69 bits per heavy atom. The van der Waals surface area contributed by atoms with Crippen molar-refractivity contribution in [1.82, 2.24) is 9.88 Å². The van der Waals surface area contributed by atoms with Crippen LogP contribution >= 0.6 is 0 Å². The van der Waals surface area contributed by atoms with Gasteiger partial charge in [-0.05, 0) is 79.6 Å². The van der Waals surface area contributed by atoms with Gasteiger partial charge in [0.15, 0.2) is 0 Å². The van der Waals surface area contributed by atoms with E-state index in [4.69, 9.17) is 10.7 Å². The summed E-state index contributed by atoms with van der Waals surface area (Å²) in [6, 6.07) is 29.1. The molecule has 1 saturated carbocycles.